The van der Waals surface area contributed by atoms with Gasteiger partial charge >= 0.3 is 6.18 Å². The first kappa shape index (κ1) is 11.4. The maximum atomic E-state index is 12.0. The molecule has 0 bridgehead atoms. The van der Waals surface area contributed by atoms with E-state index in [9.17, 15) is 18.0 Å². The molecule has 0 aromatic heterocycles. The zero-order valence-corrected chi connectivity index (χ0v) is 8.41. The van der Waals surface area contributed by atoms with Crippen molar-refractivity contribution in [2.45, 2.75) is 25.5 Å². The molecular formula is C8H9ClF3NO. The van der Waals surface area contributed by atoms with Crippen molar-refractivity contribution in [1.82, 2.24) is 4.90 Å². The maximum Gasteiger partial charge on any atom is 0.406 e. The van der Waals surface area contributed by atoms with Gasteiger partial charge in [-0.15, -0.1) is 0 Å². The summed E-state index contributed by atoms with van der Waals surface area (Å²) >= 11 is 5.67. The smallest absolute Gasteiger partial charge is 0.310 e. The molecule has 80 valence electrons. The molecule has 0 N–H and O–H groups in total. The van der Waals surface area contributed by atoms with Crippen molar-refractivity contribution in [3.05, 3.63) is 11.1 Å². The molecule has 2 nitrogen and oxygen atoms in total. The van der Waals surface area contributed by atoms with Crippen molar-refractivity contribution in [1.29, 1.82) is 0 Å². The van der Waals surface area contributed by atoms with Crippen LogP contribution >= 0.6 is 11.6 Å². The van der Waals surface area contributed by atoms with Crippen LogP contribution in [0.1, 0.15) is 13.8 Å². The van der Waals surface area contributed by atoms with Gasteiger partial charge in [-0.3, -0.25) is 4.79 Å². The number of amides is 1. The predicted molar refractivity (Wildman–Crippen MR) is 45.8 cm³/mol. The summed E-state index contributed by atoms with van der Waals surface area (Å²) in [4.78, 5) is 11.9. The molecule has 6 heteroatoms. The second-order valence-electron chi connectivity index (χ2n) is 3.19. The first-order chi connectivity index (χ1) is 6.24. The van der Waals surface area contributed by atoms with Crippen molar-refractivity contribution >= 4 is 17.5 Å². The molecule has 0 aromatic carbocycles. The zero-order chi connectivity index (χ0) is 11.1. The number of alkyl halides is 4. The number of halogens is 4. The van der Waals surface area contributed by atoms with Gasteiger partial charge in [-0.05, 0) is 19.4 Å². The van der Waals surface area contributed by atoms with E-state index in [1.165, 1.54) is 6.92 Å². The second-order valence-corrected chi connectivity index (χ2v) is 3.61. The van der Waals surface area contributed by atoms with E-state index in [0.717, 1.165) is 0 Å². The van der Waals surface area contributed by atoms with Gasteiger partial charge in [-0.1, -0.05) is 11.6 Å². The molecule has 0 aromatic rings. The SMILES string of the molecule is CC1=C(C)C(Cl)N(CC(F)(F)F)C1=O. The van der Waals surface area contributed by atoms with Crippen molar-refractivity contribution in [2.75, 3.05) is 6.54 Å². The molecule has 1 heterocycles. The van der Waals surface area contributed by atoms with E-state index in [0.29, 0.717) is 16.0 Å². The first-order valence-corrected chi connectivity index (χ1v) is 4.37. The van der Waals surface area contributed by atoms with Crippen LogP contribution < -0.4 is 0 Å². The van der Waals surface area contributed by atoms with Gasteiger partial charge in [0, 0.05) is 5.57 Å². The summed E-state index contributed by atoms with van der Waals surface area (Å²) < 4.78 is 36.1. The molecule has 0 saturated carbocycles. The summed E-state index contributed by atoms with van der Waals surface area (Å²) in [6, 6.07) is 0. The summed E-state index contributed by atoms with van der Waals surface area (Å²) in [7, 11) is 0. The van der Waals surface area contributed by atoms with Crippen LogP contribution in [0, 0.1) is 0 Å². The van der Waals surface area contributed by atoms with Gasteiger partial charge < -0.3 is 4.90 Å². The van der Waals surface area contributed by atoms with Gasteiger partial charge in [0.25, 0.3) is 5.91 Å². The van der Waals surface area contributed by atoms with E-state index >= 15 is 0 Å². The standard InChI is InChI=1S/C8H9ClF3NO/c1-4-5(2)7(14)13(6(4)9)3-8(10,11)12/h6H,3H2,1-2H3. The summed E-state index contributed by atoms with van der Waals surface area (Å²) in [6.07, 6.45) is -4.41. The predicted octanol–water partition coefficient (Wildman–Crippen LogP) is 2.29. The number of rotatable bonds is 1. The molecule has 1 amide bonds. The lowest BCUT2D eigenvalue weighted by Crippen LogP contribution is -2.39. The van der Waals surface area contributed by atoms with Crippen LogP contribution in [0.4, 0.5) is 13.2 Å². The van der Waals surface area contributed by atoms with Crippen LogP contribution in [0.25, 0.3) is 0 Å². The fraction of sp³-hybridized carbons (Fsp3) is 0.625. The van der Waals surface area contributed by atoms with Crippen LogP contribution in [0.5, 0.6) is 0 Å². The summed E-state index contributed by atoms with van der Waals surface area (Å²) in [5.41, 5.74) is -0.181. The highest BCUT2D eigenvalue weighted by atomic mass is 35.5. The summed E-state index contributed by atoms with van der Waals surface area (Å²) in [5, 5.41) is 0. The maximum absolute atomic E-state index is 12.0. The van der Waals surface area contributed by atoms with Crippen molar-refractivity contribution < 1.29 is 18.0 Å². The normalized spacial score (nSPS) is 23.7. The molecule has 0 fully saturated rings. The Kier molecular flexibility index (Phi) is 2.81. The van der Waals surface area contributed by atoms with Crippen LogP contribution in [0.2, 0.25) is 0 Å². The molecule has 0 saturated heterocycles. The fourth-order valence-corrected chi connectivity index (χ4v) is 1.57. The molecule has 0 spiro atoms. The minimum atomic E-state index is -4.41. The van der Waals surface area contributed by atoms with Gasteiger partial charge in [0.15, 0.2) is 0 Å². The van der Waals surface area contributed by atoms with Crippen molar-refractivity contribution in [2.24, 2.45) is 0 Å². The Balaban J connectivity index is 2.82. The largest absolute Gasteiger partial charge is 0.406 e. The van der Waals surface area contributed by atoms with Crippen LogP contribution in [-0.4, -0.2) is 29.0 Å². The number of carbonyl (C=O) groups excluding carboxylic acids is 1. The summed E-state index contributed by atoms with van der Waals surface area (Å²) in [5.74, 6) is -0.639. The highest BCUT2D eigenvalue weighted by Crippen LogP contribution is 2.30. The van der Waals surface area contributed by atoms with E-state index in [1.807, 2.05) is 0 Å². The van der Waals surface area contributed by atoms with Gasteiger partial charge in [-0.2, -0.15) is 13.2 Å². The molecule has 1 aliphatic rings. The van der Waals surface area contributed by atoms with E-state index in [4.69, 9.17) is 11.6 Å². The van der Waals surface area contributed by atoms with Crippen molar-refractivity contribution in [3.8, 4) is 0 Å². The monoisotopic (exact) mass is 227 g/mol. The third-order valence-corrected chi connectivity index (χ3v) is 2.72. The van der Waals surface area contributed by atoms with Gasteiger partial charge in [0.05, 0.1) is 0 Å². The molecule has 1 atom stereocenters. The molecule has 1 rings (SSSR count). The Hall–Kier alpha value is -0.710. The van der Waals surface area contributed by atoms with Crippen LogP contribution in [0.15, 0.2) is 11.1 Å². The minimum absolute atomic E-state index is 0.300. The van der Waals surface area contributed by atoms with Gasteiger partial charge in [-0.25, -0.2) is 0 Å². The Morgan fingerprint density at radius 1 is 1.43 bits per heavy atom. The molecule has 0 aliphatic carbocycles. The second kappa shape index (κ2) is 3.46. The van der Waals surface area contributed by atoms with E-state index < -0.39 is 24.1 Å². The average molecular weight is 228 g/mol. The number of nitrogens with zero attached hydrogens (tertiary/aromatic N) is 1. The molecule has 14 heavy (non-hydrogen) atoms. The van der Waals surface area contributed by atoms with Crippen LogP contribution in [0.3, 0.4) is 0 Å². The van der Waals surface area contributed by atoms with Crippen LogP contribution in [-0.2, 0) is 4.79 Å². The highest BCUT2D eigenvalue weighted by molar-refractivity contribution is 6.25. The van der Waals surface area contributed by atoms with E-state index in [-0.39, 0.29) is 0 Å². The third-order valence-electron chi connectivity index (χ3n) is 2.15. The minimum Gasteiger partial charge on any atom is -0.310 e. The third kappa shape index (κ3) is 2.03. The van der Waals surface area contributed by atoms with E-state index in [1.54, 1.807) is 6.92 Å². The lowest BCUT2D eigenvalue weighted by atomic mass is 10.2. The molecule has 0 radical (unpaired) electrons. The molecular weight excluding hydrogens is 219 g/mol. The lowest BCUT2D eigenvalue weighted by molar-refractivity contribution is -0.157. The Bertz CT molecular complexity index is 297. The number of hydrogen-bond acceptors (Lipinski definition) is 1. The van der Waals surface area contributed by atoms with Gasteiger partial charge in [0.1, 0.15) is 12.0 Å². The Morgan fingerprint density at radius 3 is 2.21 bits per heavy atom. The Labute approximate surface area is 84.3 Å². The summed E-state index contributed by atoms with van der Waals surface area (Å²) in [6.45, 7) is 1.74. The molecule has 1 unspecified atom stereocenters. The zero-order valence-electron chi connectivity index (χ0n) is 7.65. The highest BCUT2D eigenvalue weighted by Gasteiger charge is 2.41. The molecule has 1 aliphatic heterocycles. The van der Waals surface area contributed by atoms with E-state index in [2.05, 4.69) is 0 Å². The quantitative estimate of drug-likeness (QED) is 0.497. The number of carbonyl (C=O) groups is 1. The van der Waals surface area contributed by atoms with Crippen molar-refractivity contribution in [3.63, 3.8) is 0 Å². The first-order valence-electron chi connectivity index (χ1n) is 3.93. The average Bonchev–Trinajstić information content (AvgIpc) is 2.20. The fourth-order valence-electron chi connectivity index (χ4n) is 1.24. The Morgan fingerprint density at radius 2 is 1.93 bits per heavy atom. The topological polar surface area (TPSA) is 20.3 Å². The number of hydrogen-bond donors (Lipinski definition) is 0. The van der Waals surface area contributed by atoms with Gasteiger partial charge in [0.2, 0.25) is 0 Å². The lowest BCUT2D eigenvalue weighted by Gasteiger charge is -2.22.